The van der Waals surface area contributed by atoms with Crippen molar-refractivity contribution in [1.29, 1.82) is 0 Å². The van der Waals surface area contributed by atoms with E-state index in [1.54, 1.807) is 25.1 Å². The Labute approximate surface area is 109 Å². The molecular weight excluding hydrogens is 254 g/mol. The molecule has 0 saturated carbocycles. The minimum Gasteiger partial charge on any atom is -0.461 e. The van der Waals surface area contributed by atoms with Crippen molar-refractivity contribution in [3.8, 4) is 5.69 Å². The first-order chi connectivity index (χ1) is 8.65. The molecule has 0 radical (unpaired) electrons. The summed E-state index contributed by atoms with van der Waals surface area (Å²) >= 11 is 6.08. The van der Waals surface area contributed by atoms with Gasteiger partial charge in [0.2, 0.25) is 0 Å². The molecule has 94 valence electrons. The Bertz CT molecular complexity index is 580. The van der Waals surface area contributed by atoms with E-state index in [0.29, 0.717) is 10.7 Å². The lowest BCUT2D eigenvalue weighted by Crippen LogP contribution is -2.13. The molecule has 0 fully saturated rings. The Balaban J connectivity index is 2.53. The zero-order valence-corrected chi connectivity index (χ0v) is 10.5. The van der Waals surface area contributed by atoms with E-state index in [1.165, 1.54) is 10.9 Å². The van der Waals surface area contributed by atoms with E-state index >= 15 is 0 Å². The van der Waals surface area contributed by atoms with Crippen LogP contribution in [0, 0.1) is 0 Å². The molecule has 6 heteroatoms. The van der Waals surface area contributed by atoms with Gasteiger partial charge in [0.05, 0.1) is 17.3 Å². The van der Waals surface area contributed by atoms with Crippen LogP contribution in [0.3, 0.4) is 0 Å². The Morgan fingerprint density at radius 3 is 2.89 bits per heavy atom. The van der Waals surface area contributed by atoms with E-state index in [9.17, 15) is 4.79 Å². The van der Waals surface area contributed by atoms with Gasteiger partial charge in [-0.2, -0.15) is 0 Å². The van der Waals surface area contributed by atoms with Crippen LogP contribution in [0.5, 0.6) is 0 Å². The highest BCUT2D eigenvalue weighted by atomic mass is 35.5. The van der Waals surface area contributed by atoms with Crippen LogP contribution in [0.1, 0.15) is 17.4 Å². The van der Waals surface area contributed by atoms with Crippen molar-refractivity contribution in [3.63, 3.8) is 0 Å². The average molecular weight is 266 g/mol. The summed E-state index contributed by atoms with van der Waals surface area (Å²) < 4.78 is 6.47. The maximum atomic E-state index is 11.8. The topological polar surface area (TPSA) is 70.1 Å². The molecule has 0 atom stereocenters. The van der Waals surface area contributed by atoms with Gasteiger partial charge < -0.3 is 10.5 Å². The summed E-state index contributed by atoms with van der Waals surface area (Å²) in [4.78, 5) is 15.7. The molecule has 2 N–H and O–H groups in total. The zero-order chi connectivity index (χ0) is 13.1. The summed E-state index contributed by atoms with van der Waals surface area (Å²) in [7, 11) is 0. The number of hydrogen-bond donors (Lipinski definition) is 1. The molecule has 0 unspecified atom stereocenters. The molecule has 0 saturated heterocycles. The van der Waals surface area contributed by atoms with Crippen LogP contribution in [0.2, 0.25) is 5.02 Å². The van der Waals surface area contributed by atoms with Gasteiger partial charge in [-0.15, -0.1) is 0 Å². The third-order valence-electron chi connectivity index (χ3n) is 2.38. The van der Waals surface area contributed by atoms with E-state index < -0.39 is 5.97 Å². The molecule has 2 aromatic rings. The van der Waals surface area contributed by atoms with Gasteiger partial charge in [-0.05, 0) is 19.1 Å². The number of nitrogens with two attached hydrogens (primary N) is 1. The highest BCUT2D eigenvalue weighted by Crippen LogP contribution is 2.24. The predicted octanol–water partition coefficient (Wildman–Crippen LogP) is 2.28. The number of imidazole rings is 1. The molecule has 0 bridgehead atoms. The van der Waals surface area contributed by atoms with Gasteiger partial charge in [-0.25, -0.2) is 9.78 Å². The van der Waals surface area contributed by atoms with Gasteiger partial charge in [0.1, 0.15) is 6.33 Å². The average Bonchev–Trinajstić information content (AvgIpc) is 2.72. The number of halogens is 1. The predicted molar refractivity (Wildman–Crippen MR) is 68.9 cm³/mol. The second kappa shape index (κ2) is 5.10. The number of nitrogen functional groups attached to an aromatic ring is 1. The Hall–Kier alpha value is -2.01. The van der Waals surface area contributed by atoms with E-state index in [2.05, 4.69) is 4.98 Å². The molecule has 18 heavy (non-hydrogen) atoms. The first kappa shape index (κ1) is 12.4. The number of nitrogens with zero attached hydrogens (tertiary/aromatic N) is 2. The van der Waals surface area contributed by atoms with Gasteiger partial charge in [-0.1, -0.05) is 23.7 Å². The first-order valence-electron chi connectivity index (χ1n) is 5.40. The number of aromatic nitrogens is 2. The van der Waals surface area contributed by atoms with Gasteiger partial charge in [0.15, 0.2) is 11.5 Å². The van der Waals surface area contributed by atoms with Crippen LogP contribution >= 0.6 is 11.6 Å². The van der Waals surface area contributed by atoms with Crippen molar-refractivity contribution < 1.29 is 9.53 Å². The first-order valence-corrected chi connectivity index (χ1v) is 5.77. The molecule has 0 aliphatic heterocycles. The molecule has 1 heterocycles. The molecule has 0 spiro atoms. The summed E-state index contributed by atoms with van der Waals surface area (Å²) in [5, 5.41) is 0.500. The third-order valence-corrected chi connectivity index (χ3v) is 2.70. The van der Waals surface area contributed by atoms with Crippen LogP contribution in [-0.2, 0) is 4.74 Å². The van der Waals surface area contributed by atoms with Crippen molar-refractivity contribution in [2.75, 3.05) is 12.3 Å². The number of carbonyl (C=O) groups is 1. The van der Waals surface area contributed by atoms with Crippen LogP contribution < -0.4 is 5.73 Å². The zero-order valence-electron chi connectivity index (χ0n) is 9.76. The fourth-order valence-corrected chi connectivity index (χ4v) is 1.82. The third kappa shape index (κ3) is 2.17. The summed E-state index contributed by atoms with van der Waals surface area (Å²) in [6.45, 7) is 2.00. The molecular formula is C12H12ClN3O2. The molecule has 0 aliphatic rings. The molecule has 2 rings (SSSR count). The van der Waals surface area contributed by atoms with Crippen molar-refractivity contribution in [2.24, 2.45) is 0 Å². The highest BCUT2D eigenvalue weighted by Gasteiger charge is 2.20. The second-order valence-corrected chi connectivity index (χ2v) is 3.93. The largest absolute Gasteiger partial charge is 0.461 e. The summed E-state index contributed by atoms with van der Waals surface area (Å²) in [6.07, 6.45) is 1.45. The Morgan fingerprint density at radius 2 is 2.22 bits per heavy atom. The smallest absolute Gasteiger partial charge is 0.359 e. The fourth-order valence-electron chi connectivity index (χ4n) is 1.59. The summed E-state index contributed by atoms with van der Waals surface area (Å²) in [5.74, 6) is -0.402. The SMILES string of the molecule is CCOC(=O)c1c(N)ncn1-c1ccccc1Cl. The second-order valence-electron chi connectivity index (χ2n) is 3.52. The van der Waals surface area contributed by atoms with Crippen molar-refractivity contribution in [3.05, 3.63) is 41.3 Å². The van der Waals surface area contributed by atoms with Gasteiger partial charge >= 0.3 is 5.97 Å². The van der Waals surface area contributed by atoms with E-state index in [1.807, 2.05) is 6.07 Å². The standard InChI is InChI=1S/C12H12ClN3O2/c1-2-18-12(17)10-11(14)15-7-16(10)9-6-4-3-5-8(9)13/h3-7H,2,14H2,1H3. The lowest BCUT2D eigenvalue weighted by atomic mass is 10.3. The van der Waals surface area contributed by atoms with Crippen LogP contribution in [0.25, 0.3) is 5.69 Å². The van der Waals surface area contributed by atoms with Crippen LogP contribution in [0.15, 0.2) is 30.6 Å². The van der Waals surface area contributed by atoms with Crippen molar-refractivity contribution >= 4 is 23.4 Å². The monoisotopic (exact) mass is 265 g/mol. The Kier molecular flexibility index (Phi) is 3.53. The highest BCUT2D eigenvalue weighted by molar-refractivity contribution is 6.32. The van der Waals surface area contributed by atoms with Crippen molar-refractivity contribution in [2.45, 2.75) is 6.92 Å². The van der Waals surface area contributed by atoms with E-state index in [4.69, 9.17) is 22.1 Å². The van der Waals surface area contributed by atoms with Crippen molar-refractivity contribution in [1.82, 2.24) is 9.55 Å². The lowest BCUT2D eigenvalue weighted by Gasteiger charge is -2.09. The number of rotatable bonds is 3. The quantitative estimate of drug-likeness (QED) is 0.865. The molecule has 1 aromatic heterocycles. The number of ether oxygens (including phenoxy) is 1. The summed E-state index contributed by atoms with van der Waals surface area (Å²) in [5.41, 5.74) is 6.50. The van der Waals surface area contributed by atoms with Gasteiger partial charge in [0.25, 0.3) is 0 Å². The van der Waals surface area contributed by atoms with Gasteiger partial charge in [-0.3, -0.25) is 4.57 Å². The van der Waals surface area contributed by atoms with Crippen LogP contribution in [0.4, 0.5) is 5.82 Å². The minimum absolute atomic E-state index is 0.119. The van der Waals surface area contributed by atoms with Gasteiger partial charge in [0, 0.05) is 0 Å². The fraction of sp³-hybridized carbons (Fsp3) is 0.167. The maximum absolute atomic E-state index is 11.8. The van der Waals surface area contributed by atoms with E-state index in [-0.39, 0.29) is 18.1 Å². The Morgan fingerprint density at radius 1 is 1.50 bits per heavy atom. The number of anilines is 1. The number of hydrogen-bond acceptors (Lipinski definition) is 4. The van der Waals surface area contributed by atoms with E-state index in [0.717, 1.165) is 0 Å². The number of esters is 1. The van der Waals surface area contributed by atoms with Crippen LogP contribution in [-0.4, -0.2) is 22.1 Å². The molecule has 5 nitrogen and oxygen atoms in total. The molecule has 0 amide bonds. The lowest BCUT2D eigenvalue weighted by molar-refractivity contribution is 0.0518. The summed E-state index contributed by atoms with van der Waals surface area (Å²) in [6, 6.07) is 7.11. The minimum atomic E-state index is -0.521. The number of carbonyl (C=O) groups excluding carboxylic acids is 1. The number of para-hydroxylation sites is 1. The number of benzene rings is 1. The molecule has 1 aromatic carbocycles. The molecule has 0 aliphatic carbocycles. The maximum Gasteiger partial charge on any atom is 0.359 e. The normalized spacial score (nSPS) is 10.3.